The third-order valence-electron chi connectivity index (χ3n) is 7.30. The van der Waals surface area contributed by atoms with E-state index in [0.29, 0.717) is 55.9 Å². The molecule has 0 saturated carbocycles. The van der Waals surface area contributed by atoms with E-state index >= 15 is 0 Å². The van der Waals surface area contributed by atoms with E-state index in [1.807, 2.05) is 6.92 Å². The van der Waals surface area contributed by atoms with Crippen LogP contribution in [-0.2, 0) is 19.1 Å². The number of amides is 3. The first-order chi connectivity index (χ1) is 22.8. The molecule has 1 aliphatic heterocycles. The lowest BCUT2D eigenvalue weighted by Crippen LogP contribution is -2.52. The van der Waals surface area contributed by atoms with Crippen LogP contribution in [0.4, 0.5) is 18.9 Å². The zero-order valence-electron chi connectivity index (χ0n) is 26.9. The molecule has 16 heteroatoms. The Hall–Kier alpha value is -4.99. The average molecular weight is 675 g/mol. The van der Waals surface area contributed by atoms with Gasteiger partial charge in [0, 0.05) is 51.3 Å². The van der Waals surface area contributed by atoms with Gasteiger partial charge in [0.2, 0.25) is 5.91 Å². The first-order valence-corrected chi connectivity index (χ1v) is 15.3. The lowest BCUT2D eigenvalue weighted by atomic mass is 10.0. The zero-order chi connectivity index (χ0) is 35.3. The van der Waals surface area contributed by atoms with Crippen LogP contribution in [0.5, 0.6) is 0 Å². The van der Waals surface area contributed by atoms with Crippen molar-refractivity contribution in [1.29, 1.82) is 5.41 Å². The largest absolute Gasteiger partial charge is 0.488 e. The van der Waals surface area contributed by atoms with Gasteiger partial charge in [0.25, 0.3) is 11.8 Å². The Morgan fingerprint density at radius 1 is 1.17 bits per heavy atom. The van der Waals surface area contributed by atoms with E-state index in [2.05, 4.69) is 15.3 Å². The van der Waals surface area contributed by atoms with E-state index in [-0.39, 0.29) is 54.8 Å². The van der Waals surface area contributed by atoms with Crippen LogP contribution >= 0.6 is 0 Å². The monoisotopic (exact) mass is 674 g/mol. The van der Waals surface area contributed by atoms with Crippen LogP contribution in [0.2, 0.25) is 0 Å². The van der Waals surface area contributed by atoms with Crippen LogP contribution in [0.25, 0.3) is 0 Å². The molecule has 3 amide bonds. The number of likely N-dealkylation sites (N-methyl/N-ethyl adjacent to an activating group) is 1. The van der Waals surface area contributed by atoms with Gasteiger partial charge in [-0.15, -0.1) is 0 Å². The van der Waals surface area contributed by atoms with Gasteiger partial charge in [-0.3, -0.25) is 19.8 Å². The van der Waals surface area contributed by atoms with Crippen LogP contribution in [0.3, 0.4) is 0 Å². The number of nitrogens with one attached hydrogen (secondary N) is 2. The van der Waals surface area contributed by atoms with Crippen molar-refractivity contribution in [2.45, 2.75) is 44.8 Å². The van der Waals surface area contributed by atoms with E-state index in [4.69, 9.17) is 26.4 Å². The van der Waals surface area contributed by atoms with E-state index in [0.717, 1.165) is 0 Å². The summed E-state index contributed by atoms with van der Waals surface area (Å²) in [5.41, 5.74) is 12.3. The number of benzene rings is 1. The second kappa shape index (κ2) is 17.8. The molecule has 2 aliphatic rings. The number of rotatable bonds is 13. The molecular weight excluding hydrogens is 633 g/mol. The highest BCUT2D eigenvalue weighted by Crippen LogP contribution is 2.21. The summed E-state index contributed by atoms with van der Waals surface area (Å²) in [5.74, 6) is -1.75. The van der Waals surface area contributed by atoms with Crippen molar-refractivity contribution in [3.8, 4) is 0 Å². The number of guanidine groups is 1. The molecule has 0 spiro atoms. The van der Waals surface area contributed by atoms with Crippen molar-refractivity contribution in [3.05, 3.63) is 65.5 Å². The number of hydrogen-bond donors (Lipinski definition) is 4. The number of likely N-dealkylation sites (tertiary alicyclic amines) is 1. The topological polar surface area (TPSA) is 189 Å². The molecule has 260 valence electrons. The molecule has 6 N–H and O–H groups in total. The lowest BCUT2D eigenvalue weighted by molar-refractivity contribution is -0.165. The number of carbonyl (C=O) groups excluding carboxylic acids is 3. The number of amidine groups is 1. The smallest absolute Gasteiger partial charge is 0.422 e. The summed E-state index contributed by atoms with van der Waals surface area (Å²) >= 11 is 0. The minimum atomic E-state index is -4.44. The molecule has 1 aromatic carbocycles. The van der Waals surface area contributed by atoms with Crippen molar-refractivity contribution in [2.75, 3.05) is 46.5 Å². The molecule has 1 fully saturated rings. The van der Waals surface area contributed by atoms with Gasteiger partial charge in [0.05, 0.1) is 18.7 Å². The number of ether oxygens (including phenoxy) is 2. The number of methoxy groups -OCH3 is 1. The summed E-state index contributed by atoms with van der Waals surface area (Å²) in [6.45, 7) is 2.58. The number of nitrogens with two attached hydrogens (primary N) is 2. The normalized spacial score (nSPS) is 17.2. The molecule has 1 aliphatic carbocycles. The standard InChI is InChI=1S/C32H41F3N8O5/c1-3-42(16-17-47-2)30(46)22-10-12-23(13-11-22)40-29(27(36)28(37)45)41-31(38)43-15-5-7-24(19-43)39-26(44)18-21-6-4-8-25(14-9-21)48-20-32(33,34)35/h4,6,9-14,24,36H,3,5,7-8,15-20H2,1-2H3,(H2,37,45)(H,39,44)(H2,38,40,41). The van der Waals surface area contributed by atoms with Gasteiger partial charge in [-0.05, 0) is 55.7 Å². The number of hydrogen-bond acceptors (Lipinski definition) is 7. The van der Waals surface area contributed by atoms with E-state index in [9.17, 15) is 27.6 Å². The predicted octanol–water partition coefficient (Wildman–Crippen LogP) is 2.96. The first-order valence-electron chi connectivity index (χ1n) is 15.3. The summed E-state index contributed by atoms with van der Waals surface area (Å²) in [6, 6.07) is 5.95. The summed E-state index contributed by atoms with van der Waals surface area (Å²) in [4.78, 5) is 49.4. The molecular formula is C32H41F3N8O5. The van der Waals surface area contributed by atoms with Gasteiger partial charge < -0.3 is 36.1 Å². The Morgan fingerprint density at radius 2 is 1.90 bits per heavy atom. The lowest BCUT2D eigenvalue weighted by Gasteiger charge is -2.33. The van der Waals surface area contributed by atoms with E-state index in [1.165, 1.54) is 6.08 Å². The maximum atomic E-state index is 12.8. The summed E-state index contributed by atoms with van der Waals surface area (Å²) in [6.07, 6.45) is 3.31. The minimum absolute atomic E-state index is 0.000219. The fourth-order valence-electron chi connectivity index (χ4n) is 4.83. The molecule has 48 heavy (non-hydrogen) atoms. The maximum Gasteiger partial charge on any atom is 0.422 e. The number of allylic oxidation sites excluding steroid dienone is 4. The number of alkyl halides is 3. The van der Waals surface area contributed by atoms with E-state index in [1.54, 1.807) is 59.4 Å². The third kappa shape index (κ3) is 12.0. The minimum Gasteiger partial charge on any atom is -0.488 e. The van der Waals surface area contributed by atoms with Crippen molar-refractivity contribution in [3.63, 3.8) is 0 Å². The fraction of sp³-hybridized carbons (Fsp3) is 0.438. The van der Waals surface area contributed by atoms with Gasteiger partial charge in [-0.1, -0.05) is 18.2 Å². The summed E-state index contributed by atoms with van der Waals surface area (Å²) in [7, 11) is 1.56. The van der Waals surface area contributed by atoms with Crippen LogP contribution in [0.1, 0.15) is 43.0 Å². The Labute approximate surface area is 276 Å². The third-order valence-corrected chi connectivity index (χ3v) is 7.30. The number of nitrogens with zero attached hydrogens (tertiary/aromatic N) is 4. The molecule has 0 bridgehead atoms. The molecule has 1 aromatic rings. The molecule has 1 atom stereocenters. The van der Waals surface area contributed by atoms with Gasteiger partial charge in [0.15, 0.2) is 24.1 Å². The number of primary amides is 1. The number of carbonyl (C=O) groups is 3. The molecule has 3 rings (SSSR count). The Bertz CT molecular complexity index is 1490. The Morgan fingerprint density at radius 3 is 2.54 bits per heavy atom. The van der Waals surface area contributed by atoms with Gasteiger partial charge in [-0.2, -0.15) is 18.2 Å². The second-order valence-corrected chi connectivity index (χ2v) is 11.0. The van der Waals surface area contributed by atoms with Crippen LogP contribution in [0.15, 0.2) is 69.9 Å². The number of halogens is 3. The first kappa shape index (κ1) is 37.5. The highest BCUT2D eigenvalue weighted by Gasteiger charge is 2.29. The Kier molecular flexibility index (Phi) is 13.9. The van der Waals surface area contributed by atoms with Gasteiger partial charge in [-0.25, -0.2) is 4.99 Å². The highest BCUT2D eigenvalue weighted by atomic mass is 19.4. The molecule has 13 nitrogen and oxygen atoms in total. The second-order valence-electron chi connectivity index (χ2n) is 11.0. The van der Waals surface area contributed by atoms with Crippen molar-refractivity contribution < 1.29 is 37.0 Å². The molecule has 1 unspecified atom stereocenters. The van der Waals surface area contributed by atoms with Crippen LogP contribution in [0, 0.1) is 5.41 Å². The predicted molar refractivity (Wildman–Crippen MR) is 175 cm³/mol. The highest BCUT2D eigenvalue weighted by molar-refractivity contribution is 6.66. The summed E-state index contributed by atoms with van der Waals surface area (Å²) < 4.78 is 47.3. The SMILES string of the molecule is CCN(CCOC)C(=O)c1ccc(N=C(N=C(N)N2CCCC(NC(=O)CC3=CC=C(OCC(F)(F)F)CC=C3)C2)C(=N)C(N)=O)cc1. The van der Waals surface area contributed by atoms with Crippen molar-refractivity contribution in [2.24, 2.45) is 21.5 Å². The molecule has 0 radical (unpaired) electrons. The summed E-state index contributed by atoms with van der Waals surface area (Å²) in [5, 5.41) is 11.1. The quantitative estimate of drug-likeness (QED) is 0.183. The number of piperidine rings is 1. The van der Waals surface area contributed by atoms with Crippen LogP contribution in [-0.4, -0.2) is 104 Å². The molecule has 0 aromatic heterocycles. The zero-order valence-corrected chi connectivity index (χ0v) is 26.9. The Balaban J connectivity index is 1.67. The molecule has 1 heterocycles. The average Bonchev–Trinajstić information content (AvgIpc) is 3.28. The molecule has 1 saturated heterocycles. The van der Waals surface area contributed by atoms with Gasteiger partial charge >= 0.3 is 6.18 Å². The fourth-order valence-corrected chi connectivity index (χ4v) is 4.83. The van der Waals surface area contributed by atoms with Crippen molar-refractivity contribution in [1.82, 2.24) is 15.1 Å². The van der Waals surface area contributed by atoms with Gasteiger partial charge in [0.1, 0.15) is 5.76 Å². The number of aliphatic imine (C=N–C) groups is 2. The van der Waals surface area contributed by atoms with Crippen LogP contribution < -0.4 is 16.8 Å². The van der Waals surface area contributed by atoms with E-state index < -0.39 is 24.4 Å². The van der Waals surface area contributed by atoms with Crippen molar-refractivity contribution >= 4 is 40.9 Å². The maximum absolute atomic E-state index is 12.8.